The molecular formula is C41H62O9S. The van der Waals surface area contributed by atoms with E-state index in [9.17, 15) is 13.2 Å². The number of rotatable bonds is 18. The highest BCUT2D eigenvalue weighted by Gasteiger charge is 2.46. The molecule has 0 N–H and O–H groups in total. The average Bonchev–Trinajstić information content (AvgIpc) is 3.41. The monoisotopic (exact) mass is 730 g/mol. The molecule has 3 aliphatic rings. The van der Waals surface area contributed by atoms with E-state index in [1.165, 1.54) is 12.7 Å². The van der Waals surface area contributed by atoms with Gasteiger partial charge < -0.3 is 23.7 Å². The van der Waals surface area contributed by atoms with Crippen molar-refractivity contribution < 1.29 is 41.1 Å². The van der Waals surface area contributed by atoms with Gasteiger partial charge in [0.05, 0.1) is 30.3 Å². The van der Waals surface area contributed by atoms with Crippen LogP contribution in [0.2, 0.25) is 0 Å². The third-order valence-electron chi connectivity index (χ3n) is 10.2. The molecule has 1 saturated carbocycles. The topological polar surface area (TPSA) is 107 Å². The van der Waals surface area contributed by atoms with E-state index in [2.05, 4.69) is 58.1 Å². The molecule has 3 fully saturated rings. The number of allylic oxidation sites excluding steroid dienone is 4. The molecule has 0 radical (unpaired) electrons. The number of hydrogen-bond donors (Lipinski definition) is 0. The molecule has 0 bridgehead atoms. The van der Waals surface area contributed by atoms with Crippen LogP contribution in [0.4, 0.5) is 0 Å². The second-order valence-corrected chi connectivity index (χ2v) is 16.8. The smallest absolute Gasteiger partial charge is 0.305 e. The molecule has 2 saturated heterocycles. The van der Waals surface area contributed by atoms with Crippen LogP contribution in [-0.4, -0.2) is 65.6 Å². The summed E-state index contributed by atoms with van der Waals surface area (Å²) in [6.45, 7) is 11.9. The Morgan fingerprint density at radius 1 is 0.980 bits per heavy atom. The van der Waals surface area contributed by atoms with Crippen LogP contribution in [-0.2, 0) is 42.8 Å². The van der Waals surface area contributed by atoms with E-state index in [1.54, 1.807) is 24.3 Å². The Kier molecular flexibility index (Phi) is 16.4. The molecule has 0 aromatic heterocycles. The van der Waals surface area contributed by atoms with Crippen molar-refractivity contribution >= 4 is 16.1 Å². The van der Waals surface area contributed by atoms with Gasteiger partial charge in [0.25, 0.3) is 10.1 Å². The molecule has 51 heavy (non-hydrogen) atoms. The number of benzene rings is 1. The highest BCUT2D eigenvalue weighted by Crippen LogP contribution is 2.43. The molecule has 2 unspecified atom stereocenters. The average molecular weight is 731 g/mol. The zero-order valence-electron chi connectivity index (χ0n) is 31.7. The van der Waals surface area contributed by atoms with Crippen LogP contribution in [0.5, 0.6) is 0 Å². The van der Waals surface area contributed by atoms with E-state index in [4.69, 9.17) is 27.9 Å². The van der Waals surface area contributed by atoms with Crippen LogP contribution < -0.4 is 0 Å². The van der Waals surface area contributed by atoms with Gasteiger partial charge in [-0.1, -0.05) is 67.5 Å². The van der Waals surface area contributed by atoms with Crippen molar-refractivity contribution in [3.05, 3.63) is 65.8 Å². The van der Waals surface area contributed by atoms with Gasteiger partial charge in [-0.05, 0) is 108 Å². The molecule has 1 aromatic carbocycles. The van der Waals surface area contributed by atoms with E-state index in [-0.39, 0.29) is 52.9 Å². The number of unbranched alkanes of at least 4 members (excludes halogenated alkanes) is 1. The van der Waals surface area contributed by atoms with Crippen LogP contribution in [0, 0.1) is 24.2 Å². The molecule has 286 valence electrons. The molecule has 2 heterocycles. The van der Waals surface area contributed by atoms with Gasteiger partial charge in [-0.2, -0.15) is 8.42 Å². The second kappa shape index (κ2) is 20.2. The Bertz CT molecular complexity index is 1400. The summed E-state index contributed by atoms with van der Waals surface area (Å²) in [7, 11) is -2.65. The standard InChI is InChI=1S/C41H62O9S/c1-30(2)25-26-41(4,5)37(49-40-18-12-14-28-47-40)24-23-34-33(15-9-7-8-10-16-38(42)45-6)36(29-35(34)48-39-17-11-13-27-46-39)50-51(43,44)32-21-19-31(3)20-22-32/h7,9,19-25,33-37,39-40H,8,10-18,26-29H2,1-6H3/b9-7-,24-23+/t33-,34-,35-,36+,37-,39?,40?/m1/s1. The Labute approximate surface area is 307 Å². The first-order valence-electron chi connectivity index (χ1n) is 19.0. The first kappa shape index (κ1) is 41.4. The van der Waals surface area contributed by atoms with Crippen LogP contribution >= 0.6 is 0 Å². The van der Waals surface area contributed by atoms with Gasteiger partial charge in [0, 0.05) is 32.0 Å². The van der Waals surface area contributed by atoms with Crippen molar-refractivity contribution in [2.45, 2.75) is 147 Å². The third kappa shape index (κ3) is 13.2. The Morgan fingerprint density at radius 3 is 2.29 bits per heavy atom. The molecule has 9 nitrogen and oxygen atoms in total. The maximum Gasteiger partial charge on any atom is 0.305 e. The summed E-state index contributed by atoms with van der Waals surface area (Å²) in [6.07, 6.45) is 18.2. The van der Waals surface area contributed by atoms with Gasteiger partial charge in [-0.3, -0.25) is 8.98 Å². The molecule has 2 aliphatic heterocycles. The predicted octanol–water partition coefficient (Wildman–Crippen LogP) is 8.76. The fraction of sp³-hybridized carbons (Fsp3) is 0.683. The maximum absolute atomic E-state index is 13.7. The summed E-state index contributed by atoms with van der Waals surface area (Å²) in [5.74, 6) is -0.613. The summed E-state index contributed by atoms with van der Waals surface area (Å²) in [5, 5.41) is 0. The number of aryl methyl sites for hydroxylation is 1. The van der Waals surface area contributed by atoms with Crippen LogP contribution in [0.25, 0.3) is 0 Å². The quantitative estimate of drug-likeness (QED) is 0.0634. The van der Waals surface area contributed by atoms with E-state index >= 15 is 0 Å². The van der Waals surface area contributed by atoms with E-state index < -0.39 is 16.2 Å². The lowest BCUT2D eigenvalue weighted by atomic mass is 9.81. The van der Waals surface area contributed by atoms with Crippen molar-refractivity contribution in [2.24, 2.45) is 17.3 Å². The van der Waals surface area contributed by atoms with Gasteiger partial charge in [-0.25, -0.2) is 0 Å². The van der Waals surface area contributed by atoms with Gasteiger partial charge in [0.2, 0.25) is 0 Å². The highest BCUT2D eigenvalue weighted by molar-refractivity contribution is 7.86. The lowest BCUT2D eigenvalue weighted by molar-refractivity contribution is -0.197. The third-order valence-corrected chi connectivity index (χ3v) is 11.5. The summed E-state index contributed by atoms with van der Waals surface area (Å²) < 4.78 is 63.8. The number of esters is 1. The minimum absolute atomic E-state index is 0.138. The Hall–Kier alpha value is -2.34. The van der Waals surface area contributed by atoms with Gasteiger partial charge in [-0.15, -0.1) is 0 Å². The normalized spacial score (nSPS) is 26.8. The fourth-order valence-electron chi connectivity index (χ4n) is 6.98. The minimum atomic E-state index is -4.05. The zero-order chi connectivity index (χ0) is 36.9. The second-order valence-electron chi connectivity index (χ2n) is 15.2. The first-order valence-corrected chi connectivity index (χ1v) is 20.4. The molecule has 0 amide bonds. The van der Waals surface area contributed by atoms with Crippen molar-refractivity contribution in [3.63, 3.8) is 0 Å². The van der Waals surface area contributed by atoms with Crippen molar-refractivity contribution in [1.29, 1.82) is 0 Å². The molecule has 1 aromatic rings. The lowest BCUT2D eigenvalue weighted by Gasteiger charge is -2.36. The largest absolute Gasteiger partial charge is 0.469 e. The predicted molar refractivity (Wildman–Crippen MR) is 198 cm³/mol. The van der Waals surface area contributed by atoms with Gasteiger partial charge in [0.1, 0.15) is 0 Å². The maximum atomic E-state index is 13.7. The van der Waals surface area contributed by atoms with Crippen molar-refractivity contribution in [2.75, 3.05) is 20.3 Å². The van der Waals surface area contributed by atoms with Gasteiger partial charge in [0.15, 0.2) is 12.6 Å². The van der Waals surface area contributed by atoms with Crippen LogP contribution in [0.3, 0.4) is 0 Å². The van der Waals surface area contributed by atoms with E-state index in [0.717, 1.165) is 50.5 Å². The molecule has 10 heteroatoms. The summed E-state index contributed by atoms with van der Waals surface area (Å²) in [5.41, 5.74) is 1.99. The molecule has 7 atom stereocenters. The van der Waals surface area contributed by atoms with Crippen LogP contribution in [0.1, 0.15) is 110 Å². The summed E-state index contributed by atoms with van der Waals surface area (Å²) in [4.78, 5) is 11.8. The lowest BCUT2D eigenvalue weighted by Crippen LogP contribution is -2.36. The Morgan fingerprint density at radius 2 is 1.67 bits per heavy atom. The summed E-state index contributed by atoms with van der Waals surface area (Å²) >= 11 is 0. The Balaban J connectivity index is 1.66. The van der Waals surface area contributed by atoms with E-state index in [0.29, 0.717) is 45.3 Å². The van der Waals surface area contributed by atoms with Crippen LogP contribution in [0.15, 0.2) is 65.1 Å². The molecular weight excluding hydrogens is 669 g/mol. The number of methoxy groups -OCH3 is 1. The van der Waals surface area contributed by atoms with Crippen molar-refractivity contribution in [3.8, 4) is 0 Å². The van der Waals surface area contributed by atoms with Crippen molar-refractivity contribution in [1.82, 2.24) is 0 Å². The SMILES string of the molecule is COC(=O)CCC/C=C\C[C@@H]1[C@@H](/C=C/[C@@H](OC2CCCCO2)C(C)(C)CC=C(C)C)[C@H](OC2CCCCO2)C[C@@H]1OS(=O)(=O)c1ccc(C)cc1. The highest BCUT2D eigenvalue weighted by atomic mass is 32.2. The van der Waals surface area contributed by atoms with Gasteiger partial charge >= 0.3 is 5.97 Å². The molecule has 0 spiro atoms. The first-order chi connectivity index (χ1) is 24.4. The fourth-order valence-corrected chi connectivity index (χ4v) is 8.10. The number of carbonyl (C=O) groups is 1. The number of hydrogen-bond acceptors (Lipinski definition) is 9. The molecule has 1 aliphatic carbocycles. The summed E-state index contributed by atoms with van der Waals surface area (Å²) in [6, 6.07) is 6.76. The number of ether oxygens (including phenoxy) is 5. The number of carbonyl (C=O) groups excluding carboxylic acids is 1. The molecule has 4 rings (SSSR count). The zero-order valence-corrected chi connectivity index (χ0v) is 32.5. The minimum Gasteiger partial charge on any atom is -0.469 e. The van der Waals surface area contributed by atoms with E-state index in [1.807, 2.05) is 6.92 Å².